The zero-order valence-electron chi connectivity index (χ0n) is 11.1. The van der Waals surface area contributed by atoms with Gasteiger partial charge in [-0.1, -0.05) is 6.92 Å². The maximum Gasteiger partial charge on any atom is 0.0753 e. The molecule has 5 heteroatoms. The zero-order valence-corrected chi connectivity index (χ0v) is 11.1. The van der Waals surface area contributed by atoms with Crippen LogP contribution in [0.25, 0.3) is 0 Å². The molecule has 0 amide bonds. The van der Waals surface area contributed by atoms with E-state index in [9.17, 15) is 0 Å². The fourth-order valence-corrected chi connectivity index (χ4v) is 1.93. The normalized spacial score (nSPS) is 12.6. The third-order valence-electron chi connectivity index (χ3n) is 2.95. The van der Waals surface area contributed by atoms with Gasteiger partial charge in [-0.25, -0.2) is 0 Å². The Labute approximate surface area is 107 Å². The van der Waals surface area contributed by atoms with E-state index in [-0.39, 0.29) is 6.04 Å². The molecule has 0 saturated heterocycles. The summed E-state index contributed by atoms with van der Waals surface area (Å²) in [5, 5.41) is 7.88. The number of aromatic nitrogens is 4. The molecule has 2 heterocycles. The number of hydrogen-bond acceptors (Lipinski definition) is 4. The Balaban J connectivity index is 1.99. The van der Waals surface area contributed by atoms with E-state index in [2.05, 4.69) is 40.4 Å². The third kappa shape index (κ3) is 2.92. The summed E-state index contributed by atoms with van der Waals surface area (Å²) in [6.45, 7) is 5.01. The maximum absolute atomic E-state index is 4.43. The van der Waals surface area contributed by atoms with Crippen LogP contribution in [-0.4, -0.2) is 19.7 Å². The summed E-state index contributed by atoms with van der Waals surface area (Å²) in [7, 11) is 1.95. The van der Waals surface area contributed by atoms with E-state index in [0.29, 0.717) is 0 Å². The van der Waals surface area contributed by atoms with Crippen LogP contribution in [0.5, 0.6) is 0 Å². The summed E-state index contributed by atoms with van der Waals surface area (Å²) >= 11 is 0. The fraction of sp³-hybridized carbons (Fsp3) is 0.462. The molecule has 96 valence electrons. The molecule has 0 aliphatic rings. The van der Waals surface area contributed by atoms with Crippen molar-refractivity contribution < 1.29 is 0 Å². The van der Waals surface area contributed by atoms with Crippen LogP contribution >= 0.6 is 0 Å². The molecule has 0 aliphatic heterocycles. The molecule has 1 unspecified atom stereocenters. The first-order valence-corrected chi connectivity index (χ1v) is 6.21. The highest BCUT2D eigenvalue weighted by molar-refractivity contribution is 5.17. The Hall–Kier alpha value is -1.75. The summed E-state index contributed by atoms with van der Waals surface area (Å²) < 4.78 is 1.86. The van der Waals surface area contributed by atoms with Gasteiger partial charge in [0.05, 0.1) is 11.4 Å². The average Bonchev–Trinajstić information content (AvgIpc) is 2.77. The second-order valence-electron chi connectivity index (χ2n) is 4.36. The van der Waals surface area contributed by atoms with Crippen LogP contribution in [0.1, 0.15) is 36.8 Å². The molecule has 2 aromatic rings. The Morgan fingerprint density at radius 2 is 2.22 bits per heavy atom. The number of nitrogens with one attached hydrogen (secondary N) is 1. The number of nitrogens with zero attached hydrogens (tertiary/aromatic N) is 4. The monoisotopic (exact) mass is 245 g/mol. The summed E-state index contributed by atoms with van der Waals surface area (Å²) in [5.41, 5.74) is 3.35. The van der Waals surface area contributed by atoms with Crippen LogP contribution in [-0.2, 0) is 20.0 Å². The lowest BCUT2D eigenvalue weighted by molar-refractivity contribution is 0.557. The molecule has 0 aliphatic carbocycles. The van der Waals surface area contributed by atoms with Crippen molar-refractivity contribution in [3.63, 3.8) is 0 Å². The molecule has 18 heavy (non-hydrogen) atoms. The molecule has 1 N–H and O–H groups in total. The van der Waals surface area contributed by atoms with Crippen LogP contribution in [0.15, 0.2) is 24.8 Å². The summed E-state index contributed by atoms with van der Waals surface area (Å²) in [6.07, 6.45) is 8.22. The topological polar surface area (TPSA) is 55.6 Å². The van der Waals surface area contributed by atoms with E-state index in [0.717, 1.165) is 24.4 Å². The number of hydrogen-bond donors (Lipinski definition) is 1. The highest BCUT2D eigenvalue weighted by atomic mass is 15.3. The quantitative estimate of drug-likeness (QED) is 0.869. The molecule has 0 radical (unpaired) electrons. The molecular weight excluding hydrogens is 226 g/mol. The molecule has 5 nitrogen and oxygen atoms in total. The van der Waals surface area contributed by atoms with E-state index in [4.69, 9.17) is 0 Å². The van der Waals surface area contributed by atoms with Crippen LogP contribution in [0.4, 0.5) is 0 Å². The van der Waals surface area contributed by atoms with Crippen LogP contribution < -0.4 is 5.32 Å². The summed E-state index contributed by atoms with van der Waals surface area (Å²) in [6, 6.07) is 0.184. The predicted molar refractivity (Wildman–Crippen MR) is 69.9 cm³/mol. The van der Waals surface area contributed by atoms with Crippen molar-refractivity contribution >= 4 is 0 Å². The smallest absolute Gasteiger partial charge is 0.0753 e. The number of rotatable bonds is 5. The summed E-state index contributed by atoms with van der Waals surface area (Å²) in [4.78, 5) is 8.37. The third-order valence-corrected chi connectivity index (χ3v) is 2.95. The first-order valence-electron chi connectivity index (χ1n) is 6.21. The SMILES string of the molecule is CCc1nn(C)cc1CNC(C)c1cnccn1. The highest BCUT2D eigenvalue weighted by Gasteiger charge is 2.09. The molecule has 0 aromatic carbocycles. The molecule has 0 spiro atoms. The van der Waals surface area contributed by atoms with Gasteiger partial charge in [0.15, 0.2) is 0 Å². The molecular formula is C13H19N5. The van der Waals surface area contributed by atoms with Crippen molar-refractivity contribution in [2.24, 2.45) is 7.05 Å². The van der Waals surface area contributed by atoms with Gasteiger partial charge in [0.2, 0.25) is 0 Å². The van der Waals surface area contributed by atoms with E-state index < -0.39 is 0 Å². The van der Waals surface area contributed by atoms with Crippen molar-refractivity contribution in [3.8, 4) is 0 Å². The largest absolute Gasteiger partial charge is 0.305 e. The molecule has 0 fully saturated rings. The molecule has 0 saturated carbocycles. The molecule has 1 atom stereocenters. The van der Waals surface area contributed by atoms with Crippen molar-refractivity contribution in [1.29, 1.82) is 0 Å². The molecule has 2 aromatic heterocycles. The lowest BCUT2D eigenvalue weighted by Gasteiger charge is -2.12. The first kappa shape index (κ1) is 12.7. The van der Waals surface area contributed by atoms with Crippen molar-refractivity contribution in [3.05, 3.63) is 41.7 Å². The van der Waals surface area contributed by atoms with Crippen molar-refractivity contribution in [2.45, 2.75) is 32.9 Å². The van der Waals surface area contributed by atoms with E-state index in [1.807, 2.05) is 11.7 Å². The van der Waals surface area contributed by atoms with Crippen molar-refractivity contribution in [1.82, 2.24) is 25.1 Å². The lowest BCUT2D eigenvalue weighted by atomic mass is 10.2. The Bertz CT molecular complexity index is 491. The Morgan fingerprint density at radius 1 is 1.39 bits per heavy atom. The van der Waals surface area contributed by atoms with Gasteiger partial charge in [-0.2, -0.15) is 5.10 Å². The summed E-state index contributed by atoms with van der Waals surface area (Å²) in [5.74, 6) is 0. The lowest BCUT2D eigenvalue weighted by Crippen LogP contribution is -2.19. The zero-order chi connectivity index (χ0) is 13.0. The van der Waals surface area contributed by atoms with Crippen LogP contribution in [0.2, 0.25) is 0 Å². The number of aryl methyl sites for hydroxylation is 2. The van der Waals surface area contributed by atoms with Gasteiger partial charge in [0, 0.05) is 50.0 Å². The highest BCUT2D eigenvalue weighted by Crippen LogP contribution is 2.11. The Kier molecular flexibility index (Phi) is 4.04. The maximum atomic E-state index is 4.43. The minimum Gasteiger partial charge on any atom is -0.305 e. The van der Waals surface area contributed by atoms with E-state index in [1.165, 1.54) is 5.56 Å². The fourth-order valence-electron chi connectivity index (χ4n) is 1.93. The predicted octanol–water partition coefficient (Wildman–Crippen LogP) is 1.62. The van der Waals surface area contributed by atoms with Gasteiger partial charge >= 0.3 is 0 Å². The van der Waals surface area contributed by atoms with E-state index >= 15 is 0 Å². The minimum atomic E-state index is 0.184. The second kappa shape index (κ2) is 5.73. The molecule has 2 rings (SSSR count). The van der Waals surface area contributed by atoms with E-state index in [1.54, 1.807) is 18.6 Å². The van der Waals surface area contributed by atoms with Gasteiger partial charge < -0.3 is 5.32 Å². The van der Waals surface area contributed by atoms with Crippen LogP contribution in [0, 0.1) is 0 Å². The second-order valence-corrected chi connectivity index (χ2v) is 4.36. The van der Waals surface area contributed by atoms with Gasteiger partial charge in [0.25, 0.3) is 0 Å². The first-order chi connectivity index (χ1) is 8.70. The standard InChI is InChI=1S/C13H19N5/c1-4-12-11(9-18(3)17-12)7-16-10(2)13-8-14-5-6-15-13/h5-6,8-10,16H,4,7H2,1-3H3. The van der Waals surface area contributed by atoms with Gasteiger partial charge in [-0.05, 0) is 13.3 Å². The Morgan fingerprint density at radius 3 is 2.89 bits per heavy atom. The van der Waals surface area contributed by atoms with Gasteiger partial charge in [-0.15, -0.1) is 0 Å². The minimum absolute atomic E-state index is 0.184. The molecule has 0 bridgehead atoms. The van der Waals surface area contributed by atoms with Crippen LogP contribution in [0.3, 0.4) is 0 Å². The average molecular weight is 245 g/mol. The van der Waals surface area contributed by atoms with Crippen molar-refractivity contribution in [2.75, 3.05) is 0 Å². The van der Waals surface area contributed by atoms with Gasteiger partial charge in [0.1, 0.15) is 0 Å². The van der Waals surface area contributed by atoms with Gasteiger partial charge in [-0.3, -0.25) is 14.6 Å².